The molecule has 0 heterocycles. The summed E-state index contributed by atoms with van der Waals surface area (Å²) >= 11 is 0. The van der Waals surface area contributed by atoms with Gasteiger partial charge in [-0.15, -0.1) is 0 Å². The van der Waals surface area contributed by atoms with Gasteiger partial charge in [0.25, 0.3) is 0 Å². The van der Waals surface area contributed by atoms with Crippen molar-refractivity contribution in [3.63, 3.8) is 0 Å². The molecule has 0 saturated carbocycles. The van der Waals surface area contributed by atoms with E-state index < -0.39 is 12.1 Å². The van der Waals surface area contributed by atoms with Crippen LogP contribution >= 0.6 is 0 Å². The van der Waals surface area contributed by atoms with Gasteiger partial charge in [0.1, 0.15) is 12.3 Å². The lowest BCUT2D eigenvalue weighted by molar-refractivity contribution is -0.133. The van der Waals surface area contributed by atoms with Crippen molar-refractivity contribution in [1.82, 2.24) is 0 Å². The molecule has 0 spiro atoms. The number of amides is 1. The molecule has 0 aliphatic rings. The Hall–Kier alpha value is -1.95. The summed E-state index contributed by atoms with van der Waals surface area (Å²) < 4.78 is 15.1. The van der Waals surface area contributed by atoms with Crippen molar-refractivity contribution >= 4 is 17.8 Å². The smallest absolute Gasteiger partial charge is 0.434 e. The van der Waals surface area contributed by atoms with Crippen molar-refractivity contribution in [2.45, 2.75) is 34.1 Å². The van der Waals surface area contributed by atoms with E-state index in [4.69, 9.17) is 14.2 Å². The molecule has 0 aromatic rings. The van der Waals surface area contributed by atoms with Crippen molar-refractivity contribution in [2.24, 2.45) is 10.9 Å². The summed E-state index contributed by atoms with van der Waals surface area (Å²) in [4.78, 5) is 27.5. The average molecular weight is 325 g/mol. The van der Waals surface area contributed by atoms with E-state index >= 15 is 0 Å². The molecule has 0 rings (SSSR count). The lowest BCUT2D eigenvalue weighted by Gasteiger charge is -2.15. The minimum Gasteiger partial charge on any atom is -0.465 e. The molecule has 6 heteroatoms. The van der Waals surface area contributed by atoms with E-state index in [-0.39, 0.29) is 18.2 Å². The molecule has 0 saturated heterocycles. The molecule has 130 valence electrons. The number of methoxy groups -OCH3 is 1. The molecule has 6 nitrogen and oxygen atoms in total. The van der Waals surface area contributed by atoms with Gasteiger partial charge in [-0.3, -0.25) is 0 Å². The van der Waals surface area contributed by atoms with Crippen LogP contribution in [0, 0.1) is 5.92 Å². The maximum absolute atomic E-state index is 11.9. The Kier molecular flexibility index (Phi) is 11.5. The highest BCUT2D eigenvalue weighted by atomic mass is 16.5. The molecule has 0 aliphatic carbocycles. The number of allylic oxidation sites excluding steroid dienone is 2. The van der Waals surface area contributed by atoms with E-state index in [1.807, 2.05) is 45.9 Å². The molecule has 23 heavy (non-hydrogen) atoms. The standard InChI is InChI=1S/C17H27NO5/c1-6-10-13(7-2)11-23-17(20)18-15(16(19)21-5)14(8-3)12-22-9-4/h6-7,10,14H,8-9,11-12H2,1-5H3. The fraction of sp³-hybridized carbons (Fsp3) is 0.588. The van der Waals surface area contributed by atoms with Crippen molar-refractivity contribution in [3.05, 3.63) is 23.8 Å². The van der Waals surface area contributed by atoms with Gasteiger partial charge in [0.2, 0.25) is 0 Å². The summed E-state index contributed by atoms with van der Waals surface area (Å²) in [5.41, 5.74) is 0.874. The zero-order valence-corrected chi connectivity index (χ0v) is 14.6. The zero-order chi connectivity index (χ0) is 17.7. The molecular weight excluding hydrogens is 298 g/mol. The van der Waals surface area contributed by atoms with Crippen LogP contribution in [0.5, 0.6) is 0 Å². The maximum Gasteiger partial charge on any atom is 0.434 e. The van der Waals surface area contributed by atoms with Crippen molar-refractivity contribution in [2.75, 3.05) is 26.9 Å². The van der Waals surface area contributed by atoms with Gasteiger partial charge in [0.05, 0.1) is 13.7 Å². The number of nitrogens with zero attached hydrogens (tertiary/aromatic N) is 1. The number of rotatable bonds is 9. The molecule has 0 radical (unpaired) electrons. The molecule has 1 unspecified atom stereocenters. The Morgan fingerprint density at radius 2 is 1.91 bits per heavy atom. The Morgan fingerprint density at radius 3 is 2.39 bits per heavy atom. The Labute approximate surface area is 138 Å². The molecule has 1 amide bonds. The summed E-state index contributed by atoms with van der Waals surface area (Å²) in [6.07, 6.45) is 5.30. The first kappa shape index (κ1) is 21.0. The number of ether oxygens (including phenoxy) is 3. The van der Waals surface area contributed by atoms with Crippen molar-refractivity contribution < 1.29 is 23.8 Å². The van der Waals surface area contributed by atoms with Crippen LogP contribution in [0.25, 0.3) is 0 Å². The fourth-order valence-electron chi connectivity index (χ4n) is 1.78. The average Bonchev–Trinajstić information content (AvgIpc) is 2.57. The monoisotopic (exact) mass is 325 g/mol. The molecule has 0 aliphatic heterocycles. The largest absolute Gasteiger partial charge is 0.465 e. The van der Waals surface area contributed by atoms with Crippen LogP contribution in [0.3, 0.4) is 0 Å². The van der Waals surface area contributed by atoms with Crippen molar-refractivity contribution in [3.8, 4) is 0 Å². The van der Waals surface area contributed by atoms with E-state index in [0.29, 0.717) is 19.6 Å². The lowest BCUT2D eigenvalue weighted by atomic mass is 10.0. The van der Waals surface area contributed by atoms with E-state index in [9.17, 15) is 9.59 Å². The highest BCUT2D eigenvalue weighted by Crippen LogP contribution is 2.10. The molecular formula is C17H27NO5. The third-order valence-electron chi connectivity index (χ3n) is 3.12. The van der Waals surface area contributed by atoms with E-state index in [1.165, 1.54) is 7.11 Å². The number of hydrogen-bond donors (Lipinski definition) is 0. The third-order valence-corrected chi connectivity index (χ3v) is 3.12. The van der Waals surface area contributed by atoms with Crippen LogP contribution in [-0.2, 0) is 19.0 Å². The first-order valence-corrected chi connectivity index (χ1v) is 7.73. The van der Waals surface area contributed by atoms with E-state index in [0.717, 1.165) is 5.57 Å². The molecule has 0 aromatic heterocycles. The quantitative estimate of drug-likeness (QED) is 0.369. The number of carbonyl (C=O) groups excluding carboxylic acids is 2. The highest BCUT2D eigenvalue weighted by molar-refractivity contribution is 6.38. The summed E-state index contributed by atoms with van der Waals surface area (Å²) in [7, 11) is 1.25. The third kappa shape index (κ3) is 8.30. The number of hydrogen-bond acceptors (Lipinski definition) is 5. The van der Waals surface area contributed by atoms with Gasteiger partial charge in [0, 0.05) is 12.5 Å². The highest BCUT2D eigenvalue weighted by Gasteiger charge is 2.24. The van der Waals surface area contributed by atoms with Gasteiger partial charge in [0.15, 0.2) is 0 Å². The second-order valence-electron chi connectivity index (χ2n) is 4.67. The van der Waals surface area contributed by atoms with Gasteiger partial charge >= 0.3 is 12.1 Å². The second kappa shape index (κ2) is 12.6. The topological polar surface area (TPSA) is 74.2 Å². The van der Waals surface area contributed by atoms with Gasteiger partial charge in [-0.1, -0.05) is 25.2 Å². The van der Waals surface area contributed by atoms with Gasteiger partial charge < -0.3 is 14.2 Å². The minimum atomic E-state index is -0.816. The fourth-order valence-corrected chi connectivity index (χ4v) is 1.78. The van der Waals surface area contributed by atoms with E-state index in [2.05, 4.69) is 4.99 Å². The number of aliphatic imine (C=N–C) groups is 1. The van der Waals surface area contributed by atoms with E-state index in [1.54, 1.807) is 0 Å². The zero-order valence-electron chi connectivity index (χ0n) is 14.6. The molecule has 0 fully saturated rings. The van der Waals surface area contributed by atoms with Crippen LogP contribution < -0.4 is 0 Å². The Balaban J connectivity index is 5.04. The Bertz CT molecular complexity index is 466. The van der Waals surface area contributed by atoms with Crippen LogP contribution in [0.1, 0.15) is 34.1 Å². The van der Waals surface area contributed by atoms with Gasteiger partial charge in [-0.2, -0.15) is 4.99 Å². The normalized spacial score (nSPS) is 14.0. The first-order chi connectivity index (χ1) is 11.0. The second-order valence-corrected chi connectivity index (χ2v) is 4.67. The van der Waals surface area contributed by atoms with Gasteiger partial charge in [-0.05, 0) is 32.8 Å². The lowest BCUT2D eigenvalue weighted by Crippen LogP contribution is -2.29. The summed E-state index contributed by atoms with van der Waals surface area (Å²) in [6.45, 7) is 8.38. The summed E-state index contributed by atoms with van der Waals surface area (Å²) in [6, 6.07) is 0. The summed E-state index contributed by atoms with van der Waals surface area (Å²) in [5.74, 6) is -0.958. The van der Waals surface area contributed by atoms with Crippen LogP contribution in [0.2, 0.25) is 0 Å². The molecule has 0 aromatic carbocycles. The maximum atomic E-state index is 11.9. The molecule has 0 N–H and O–H groups in total. The predicted molar refractivity (Wildman–Crippen MR) is 89.6 cm³/mol. The predicted octanol–water partition coefficient (Wildman–Crippen LogP) is 3.32. The van der Waals surface area contributed by atoms with Crippen molar-refractivity contribution in [1.29, 1.82) is 0 Å². The number of carbonyl (C=O) groups is 2. The summed E-state index contributed by atoms with van der Waals surface area (Å²) in [5, 5.41) is 0. The minimum absolute atomic E-state index is 0.0292. The molecule has 1 atom stereocenters. The van der Waals surface area contributed by atoms with Crippen LogP contribution in [0.4, 0.5) is 4.79 Å². The Morgan fingerprint density at radius 1 is 1.22 bits per heavy atom. The van der Waals surface area contributed by atoms with Crippen LogP contribution in [-0.4, -0.2) is 44.7 Å². The van der Waals surface area contributed by atoms with Crippen LogP contribution in [0.15, 0.2) is 28.8 Å². The SMILES string of the molecule is CC=CC(=CC)COC(=O)N=C(C(=O)OC)C(CC)COCC. The molecule has 0 bridgehead atoms. The van der Waals surface area contributed by atoms with Gasteiger partial charge in [-0.25, -0.2) is 9.59 Å². The number of esters is 1. The first-order valence-electron chi connectivity index (χ1n) is 7.73.